The highest BCUT2D eigenvalue weighted by molar-refractivity contribution is 5.76. The number of alkyl halides is 1. The van der Waals surface area contributed by atoms with Crippen molar-refractivity contribution in [3.63, 3.8) is 0 Å². The summed E-state index contributed by atoms with van der Waals surface area (Å²) in [5.74, 6) is -0.790. The molecule has 1 heterocycles. The molecule has 2 atom stereocenters. The lowest BCUT2D eigenvalue weighted by molar-refractivity contribution is -0.144. The van der Waals surface area contributed by atoms with Crippen molar-refractivity contribution < 1.29 is 13.9 Å². The fourth-order valence-electron chi connectivity index (χ4n) is 1.72. The van der Waals surface area contributed by atoms with E-state index < -0.39 is 18.2 Å². The summed E-state index contributed by atoms with van der Waals surface area (Å²) in [7, 11) is 1.22. The summed E-state index contributed by atoms with van der Waals surface area (Å²) >= 11 is 0. The van der Waals surface area contributed by atoms with Crippen LogP contribution in [0.1, 0.15) is 12.8 Å². The minimum absolute atomic E-state index is 0.120. The van der Waals surface area contributed by atoms with E-state index in [9.17, 15) is 9.18 Å². The molecule has 0 amide bonds. The Labute approximate surface area is 83.0 Å². The van der Waals surface area contributed by atoms with E-state index in [0.29, 0.717) is 0 Å². The van der Waals surface area contributed by atoms with E-state index >= 15 is 0 Å². The van der Waals surface area contributed by atoms with Crippen molar-refractivity contribution in [3.05, 3.63) is 0 Å². The van der Waals surface area contributed by atoms with Gasteiger partial charge in [-0.1, -0.05) is 0 Å². The molecule has 5 heteroatoms. The van der Waals surface area contributed by atoms with Crippen LogP contribution in [0.5, 0.6) is 0 Å². The van der Waals surface area contributed by atoms with E-state index in [0.717, 1.165) is 25.9 Å². The Morgan fingerprint density at radius 1 is 1.57 bits per heavy atom. The predicted molar refractivity (Wildman–Crippen MR) is 50.5 cm³/mol. The van der Waals surface area contributed by atoms with Crippen molar-refractivity contribution >= 4 is 5.97 Å². The number of carbonyl (C=O) groups is 1. The third-order valence-electron chi connectivity index (χ3n) is 2.65. The van der Waals surface area contributed by atoms with Crippen molar-refractivity contribution in [1.29, 1.82) is 0 Å². The van der Waals surface area contributed by atoms with Gasteiger partial charge in [0.2, 0.25) is 0 Å². The molecule has 0 saturated carbocycles. The molecule has 0 radical (unpaired) electrons. The minimum Gasteiger partial charge on any atom is -0.468 e. The summed E-state index contributed by atoms with van der Waals surface area (Å²) in [5.41, 5.74) is 5.43. The highest BCUT2D eigenvalue weighted by atomic mass is 19.1. The van der Waals surface area contributed by atoms with Gasteiger partial charge in [0.05, 0.1) is 7.11 Å². The zero-order valence-corrected chi connectivity index (χ0v) is 8.33. The van der Waals surface area contributed by atoms with Crippen molar-refractivity contribution in [2.45, 2.75) is 25.1 Å². The maximum Gasteiger partial charge on any atom is 0.325 e. The largest absolute Gasteiger partial charge is 0.468 e. The number of rotatable bonds is 3. The molecule has 14 heavy (non-hydrogen) atoms. The standard InChI is InChI=1S/C9H17FN2O2/c1-14-9(13)8(11)7(10)6-2-4-12-5-3-6/h6-8,12H,2-5,11H2,1H3. The van der Waals surface area contributed by atoms with Gasteiger partial charge in [-0.3, -0.25) is 4.79 Å². The van der Waals surface area contributed by atoms with Gasteiger partial charge in [-0.15, -0.1) is 0 Å². The van der Waals surface area contributed by atoms with Gasteiger partial charge in [0, 0.05) is 0 Å². The molecule has 3 N–H and O–H groups in total. The van der Waals surface area contributed by atoms with Crippen molar-refractivity contribution in [3.8, 4) is 0 Å². The molecular weight excluding hydrogens is 187 g/mol. The molecule has 0 aromatic carbocycles. The summed E-state index contributed by atoms with van der Waals surface area (Å²) in [6, 6.07) is -1.14. The van der Waals surface area contributed by atoms with Gasteiger partial charge in [-0.05, 0) is 31.8 Å². The van der Waals surface area contributed by atoms with Crippen LogP contribution in [0.3, 0.4) is 0 Å². The van der Waals surface area contributed by atoms with Gasteiger partial charge in [-0.25, -0.2) is 4.39 Å². The molecule has 2 unspecified atom stereocenters. The molecule has 0 aromatic rings. The lowest BCUT2D eigenvalue weighted by Crippen LogP contribution is -2.46. The van der Waals surface area contributed by atoms with E-state index in [2.05, 4.69) is 10.1 Å². The maximum absolute atomic E-state index is 13.7. The Bertz CT molecular complexity index is 195. The average Bonchev–Trinajstić information content (AvgIpc) is 2.27. The van der Waals surface area contributed by atoms with E-state index in [4.69, 9.17) is 5.73 Å². The van der Waals surface area contributed by atoms with Gasteiger partial charge in [0.15, 0.2) is 0 Å². The van der Waals surface area contributed by atoms with Crippen LogP contribution < -0.4 is 11.1 Å². The zero-order valence-electron chi connectivity index (χ0n) is 8.33. The predicted octanol–water partition coefficient (Wildman–Crippen LogP) is -0.176. The fourth-order valence-corrected chi connectivity index (χ4v) is 1.72. The Morgan fingerprint density at radius 2 is 2.14 bits per heavy atom. The van der Waals surface area contributed by atoms with Gasteiger partial charge in [0.1, 0.15) is 12.2 Å². The molecule has 82 valence electrons. The first-order valence-electron chi connectivity index (χ1n) is 4.85. The quantitative estimate of drug-likeness (QED) is 0.626. The first-order chi connectivity index (χ1) is 6.66. The molecule has 4 nitrogen and oxygen atoms in total. The van der Waals surface area contributed by atoms with Crippen molar-refractivity contribution in [1.82, 2.24) is 5.32 Å². The molecule has 1 aliphatic heterocycles. The molecule has 0 aromatic heterocycles. The third kappa shape index (κ3) is 2.65. The van der Waals surface area contributed by atoms with Crippen LogP contribution in [0.4, 0.5) is 4.39 Å². The number of halogens is 1. The zero-order chi connectivity index (χ0) is 10.6. The molecule has 1 aliphatic rings. The summed E-state index contributed by atoms with van der Waals surface area (Å²) in [6.45, 7) is 1.58. The first kappa shape index (κ1) is 11.4. The second-order valence-electron chi connectivity index (χ2n) is 3.58. The number of nitrogens with two attached hydrogens (primary N) is 1. The van der Waals surface area contributed by atoms with Gasteiger partial charge < -0.3 is 15.8 Å². The number of methoxy groups -OCH3 is 1. The number of nitrogens with one attached hydrogen (secondary N) is 1. The maximum atomic E-state index is 13.7. The monoisotopic (exact) mass is 204 g/mol. The van der Waals surface area contributed by atoms with Crippen LogP contribution in [0.25, 0.3) is 0 Å². The molecule has 1 saturated heterocycles. The molecule has 0 spiro atoms. The molecule has 1 rings (SSSR count). The lowest BCUT2D eigenvalue weighted by Gasteiger charge is -2.27. The van der Waals surface area contributed by atoms with Gasteiger partial charge in [-0.2, -0.15) is 0 Å². The Hall–Kier alpha value is -0.680. The Kier molecular flexibility index (Phi) is 4.28. The average molecular weight is 204 g/mol. The second kappa shape index (κ2) is 5.26. The van der Waals surface area contributed by atoms with Crippen LogP contribution >= 0.6 is 0 Å². The second-order valence-corrected chi connectivity index (χ2v) is 3.58. The molecule has 1 fully saturated rings. The highest BCUT2D eigenvalue weighted by Crippen LogP contribution is 2.21. The molecular formula is C9H17FN2O2. The number of ether oxygens (including phenoxy) is 1. The summed E-state index contributed by atoms with van der Waals surface area (Å²) in [5, 5.41) is 3.13. The fraction of sp³-hybridized carbons (Fsp3) is 0.889. The summed E-state index contributed by atoms with van der Waals surface area (Å²) in [4.78, 5) is 11.0. The third-order valence-corrected chi connectivity index (χ3v) is 2.65. The van der Waals surface area contributed by atoms with E-state index in [1.165, 1.54) is 7.11 Å². The number of hydrogen-bond donors (Lipinski definition) is 2. The van der Waals surface area contributed by atoms with E-state index in [1.807, 2.05) is 0 Å². The van der Waals surface area contributed by atoms with Crippen molar-refractivity contribution in [2.24, 2.45) is 11.7 Å². The smallest absolute Gasteiger partial charge is 0.325 e. The Morgan fingerprint density at radius 3 is 2.64 bits per heavy atom. The SMILES string of the molecule is COC(=O)C(N)C(F)C1CCNCC1. The minimum atomic E-state index is -1.29. The highest BCUT2D eigenvalue weighted by Gasteiger charge is 2.32. The molecule has 0 bridgehead atoms. The van der Waals surface area contributed by atoms with Crippen LogP contribution in [-0.2, 0) is 9.53 Å². The number of piperidine rings is 1. The van der Waals surface area contributed by atoms with E-state index in [-0.39, 0.29) is 5.92 Å². The van der Waals surface area contributed by atoms with Crippen LogP contribution in [-0.4, -0.2) is 38.4 Å². The lowest BCUT2D eigenvalue weighted by atomic mass is 9.89. The van der Waals surface area contributed by atoms with Crippen LogP contribution in [0, 0.1) is 5.92 Å². The topological polar surface area (TPSA) is 64.3 Å². The number of hydrogen-bond acceptors (Lipinski definition) is 4. The van der Waals surface area contributed by atoms with Crippen molar-refractivity contribution in [2.75, 3.05) is 20.2 Å². The number of esters is 1. The van der Waals surface area contributed by atoms with Gasteiger partial charge >= 0.3 is 5.97 Å². The van der Waals surface area contributed by atoms with Gasteiger partial charge in [0.25, 0.3) is 0 Å². The first-order valence-corrected chi connectivity index (χ1v) is 4.85. The van der Waals surface area contributed by atoms with Crippen LogP contribution in [0.15, 0.2) is 0 Å². The molecule has 0 aliphatic carbocycles. The van der Waals surface area contributed by atoms with Crippen LogP contribution in [0.2, 0.25) is 0 Å². The number of carbonyl (C=O) groups excluding carboxylic acids is 1. The normalized spacial score (nSPS) is 22.8. The van der Waals surface area contributed by atoms with E-state index in [1.54, 1.807) is 0 Å². The summed E-state index contributed by atoms with van der Waals surface area (Å²) in [6.07, 6.45) is 0.169. The Balaban J connectivity index is 2.45. The summed E-state index contributed by atoms with van der Waals surface area (Å²) < 4.78 is 18.1.